The Morgan fingerprint density at radius 3 is 2.34 bits per heavy atom. The third-order valence-corrected chi connectivity index (χ3v) is 5.87. The molecule has 0 spiro atoms. The summed E-state index contributed by atoms with van der Waals surface area (Å²) in [5.41, 5.74) is 1.56. The molecule has 0 radical (unpaired) electrons. The number of carbonyl (C=O) groups is 1. The molecule has 1 saturated heterocycles. The van der Waals surface area contributed by atoms with Gasteiger partial charge in [-0.05, 0) is 36.2 Å². The monoisotopic (exact) mass is 457 g/mol. The number of halogens is 1. The molecule has 1 fully saturated rings. The standard InChI is InChI=1S/C23H24FN3O4S/c1-5-10-27-22(28)20(13-15-6-8-17(24)9-7-15)32-23(27)26-25-14-16-11-18(29-2)21(31-4)19(12-16)30-3/h5-9,11-12,14,20H,1,10,13H2,2-4H3/b25-14+,26-23-. The van der Waals surface area contributed by atoms with Crippen LogP contribution >= 0.6 is 11.8 Å². The molecule has 1 aliphatic rings. The molecule has 0 N–H and O–H groups in total. The Kier molecular flexibility index (Phi) is 7.88. The first-order valence-corrected chi connectivity index (χ1v) is 10.6. The van der Waals surface area contributed by atoms with Gasteiger partial charge in [-0.25, -0.2) is 4.39 Å². The summed E-state index contributed by atoms with van der Waals surface area (Å²) in [7, 11) is 4.60. The van der Waals surface area contributed by atoms with E-state index in [-0.39, 0.29) is 17.0 Å². The van der Waals surface area contributed by atoms with E-state index in [4.69, 9.17) is 14.2 Å². The molecule has 3 rings (SSSR count). The topological polar surface area (TPSA) is 72.7 Å². The van der Waals surface area contributed by atoms with E-state index < -0.39 is 0 Å². The number of hydrogen-bond donors (Lipinski definition) is 0. The van der Waals surface area contributed by atoms with Crippen molar-refractivity contribution in [3.8, 4) is 17.2 Å². The lowest BCUT2D eigenvalue weighted by Crippen LogP contribution is -2.32. The zero-order valence-corrected chi connectivity index (χ0v) is 18.9. The van der Waals surface area contributed by atoms with Gasteiger partial charge in [-0.1, -0.05) is 30.0 Å². The van der Waals surface area contributed by atoms with E-state index >= 15 is 0 Å². The van der Waals surface area contributed by atoms with Gasteiger partial charge in [0.15, 0.2) is 16.7 Å². The Hall–Kier alpha value is -3.33. The number of thioether (sulfide) groups is 1. The van der Waals surface area contributed by atoms with Gasteiger partial charge in [-0.15, -0.1) is 11.7 Å². The molecule has 9 heteroatoms. The highest BCUT2D eigenvalue weighted by Gasteiger charge is 2.37. The van der Waals surface area contributed by atoms with Crippen molar-refractivity contribution in [3.63, 3.8) is 0 Å². The number of nitrogens with zero attached hydrogens (tertiary/aromatic N) is 3. The van der Waals surface area contributed by atoms with Crippen LogP contribution in [-0.4, -0.2) is 55.3 Å². The first-order chi connectivity index (χ1) is 15.5. The van der Waals surface area contributed by atoms with E-state index in [0.29, 0.717) is 40.9 Å². The van der Waals surface area contributed by atoms with Crippen molar-refractivity contribution < 1.29 is 23.4 Å². The summed E-state index contributed by atoms with van der Waals surface area (Å²) in [6.07, 6.45) is 3.64. The predicted molar refractivity (Wildman–Crippen MR) is 125 cm³/mol. The van der Waals surface area contributed by atoms with Crippen LogP contribution in [0.2, 0.25) is 0 Å². The molecule has 1 amide bonds. The van der Waals surface area contributed by atoms with Gasteiger partial charge in [0.2, 0.25) is 11.7 Å². The van der Waals surface area contributed by atoms with Gasteiger partial charge >= 0.3 is 0 Å². The Bertz CT molecular complexity index is 1020. The molecule has 1 heterocycles. The fraction of sp³-hybridized carbons (Fsp3) is 0.261. The second-order valence-corrected chi connectivity index (χ2v) is 7.93. The van der Waals surface area contributed by atoms with Crippen molar-refractivity contribution in [2.75, 3.05) is 27.9 Å². The highest BCUT2D eigenvalue weighted by molar-refractivity contribution is 8.15. The molecule has 32 heavy (non-hydrogen) atoms. The Balaban J connectivity index is 1.81. The number of ether oxygens (including phenoxy) is 3. The van der Waals surface area contributed by atoms with Crippen LogP contribution in [0.5, 0.6) is 17.2 Å². The summed E-state index contributed by atoms with van der Waals surface area (Å²) < 4.78 is 29.2. The Morgan fingerprint density at radius 2 is 1.78 bits per heavy atom. The highest BCUT2D eigenvalue weighted by atomic mass is 32.2. The molecule has 1 atom stereocenters. The van der Waals surface area contributed by atoms with Crippen LogP contribution in [0.25, 0.3) is 0 Å². The van der Waals surface area contributed by atoms with E-state index in [0.717, 1.165) is 5.56 Å². The Morgan fingerprint density at radius 1 is 1.12 bits per heavy atom. The van der Waals surface area contributed by atoms with Crippen molar-refractivity contribution in [3.05, 3.63) is 66.0 Å². The van der Waals surface area contributed by atoms with Crippen LogP contribution in [-0.2, 0) is 11.2 Å². The Labute approximate surface area is 190 Å². The number of carbonyl (C=O) groups excluding carboxylic acids is 1. The normalized spacial score (nSPS) is 17.2. The molecular weight excluding hydrogens is 433 g/mol. The molecule has 0 aliphatic carbocycles. The van der Waals surface area contributed by atoms with Crippen molar-refractivity contribution in [1.82, 2.24) is 4.90 Å². The molecule has 2 aromatic carbocycles. The van der Waals surface area contributed by atoms with Crippen LogP contribution in [0.15, 0.2) is 59.3 Å². The van der Waals surface area contributed by atoms with Gasteiger partial charge in [0, 0.05) is 12.1 Å². The van der Waals surface area contributed by atoms with Crippen LogP contribution in [0.1, 0.15) is 11.1 Å². The lowest BCUT2D eigenvalue weighted by atomic mass is 10.1. The number of methoxy groups -OCH3 is 3. The van der Waals surface area contributed by atoms with E-state index in [1.165, 1.54) is 45.2 Å². The van der Waals surface area contributed by atoms with E-state index in [1.807, 2.05) is 0 Å². The minimum absolute atomic E-state index is 0.0824. The van der Waals surface area contributed by atoms with Crippen LogP contribution in [0, 0.1) is 5.82 Å². The zero-order valence-electron chi connectivity index (χ0n) is 18.1. The van der Waals surface area contributed by atoms with Crippen molar-refractivity contribution >= 4 is 29.1 Å². The maximum absolute atomic E-state index is 13.2. The van der Waals surface area contributed by atoms with E-state index in [9.17, 15) is 9.18 Å². The SMILES string of the molecule is C=CCN1C(=O)C(Cc2ccc(F)cc2)S/C1=N\N=C\c1cc(OC)c(OC)c(OC)c1. The predicted octanol–water partition coefficient (Wildman–Crippen LogP) is 3.91. The summed E-state index contributed by atoms with van der Waals surface area (Å²) in [6.45, 7) is 4.04. The summed E-state index contributed by atoms with van der Waals surface area (Å²) >= 11 is 1.32. The number of amides is 1. The number of hydrogen-bond acceptors (Lipinski definition) is 7. The molecule has 0 saturated carbocycles. The van der Waals surface area contributed by atoms with Crippen molar-refractivity contribution in [2.45, 2.75) is 11.7 Å². The maximum Gasteiger partial charge on any atom is 0.242 e. The van der Waals surface area contributed by atoms with Gasteiger partial charge in [0.1, 0.15) is 5.82 Å². The van der Waals surface area contributed by atoms with Gasteiger partial charge in [-0.2, -0.15) is 5.10 Å². The average molecular weight is 458 g/mol. The minimum Gasteiger partial charge on any atom is -0.493 e. The summed E-state index contributed by atoms with van der Waals surface area (Å²) in [5.74, 6) is 1.09. The van der Waals surface area contributed by atoms with Gasteiger partial charge in [-0.3, -0.25) is 9.69 Å². The third kappa shape index (κ3) is 5.28. The average Bonchev–Trinajstić information content (AvgIpc) is 3.09. The van der Waals surface area contributed by atoms with Crippen molar-refractivity contribution in [1.29, 1.82) is 0 Å². The fourth-order valence-corrected chi connectivity index (χ4v) is 4.31. The summed E-state index contributed by atoms with van der Waals surface area (Å²) in [5, 5.41) is 8.54. The van der Waals surface area contributed by atoms with Crippen LogP contribution in [0.3, 0.4) is 0 Å². The molecule has 0 bridgehead atoms. The van der Waals surface area contributed by atoms with E-state index in [2.05, 4.69) is 16.8 Å². The molecule has 1 aliphatic heterocycles. The van der Waals surface area contributed by atoms with E-state index in [1.54, 1.807) is 41.5 Å². The second-order valence-electron chi connectivity index (χ2n) is 6.76. The molecule has 1 unspecified atom stereocenters. The largest absolute Gasteiger partial charge is 0.493 e. The first-order valence-electron chi connectivity index (χ1n) is 9.75. The molecule has 0 aromatic heterocycles. The second kappa shape index (κ2) is 10.8. The molecular formula is C23H24FN3O4S. The van der Waals surface area contributed by atoms with Gasteiger partial charge < -0.3 is 14.2 Å². The third-order valence-electron chi connectivity index (χ3n) is 4.70. The lowest BCUT2D eigenvalue weighted by Gasteiger charge is -2.13. The molecule has 2 aromatic rings. The number of benzene rings is 2. The zero-order chi connectivity index (χ0) is 23.1. The van der Waals surface area contributed by atoms with Gasteiger partial charge in [0.25, 0.3) is 0 Å². The summed E-state index contributed by atoms with van der Waals surface area (Å²) in [6, 6.07) is 9.63. The van der Waals surface area contributed by atoms with Gasteiger partial charge in [0.05, 0.1) is 32.8 Å². The summed E-state index contributed by atoms with van der Waals surface area (Å²) in [4.78, 5) is 14.4. The van der Waals surface area contributed by atoms with Crippen LogP contribution in [0.4, 0.5) is 4.39 Å². The highest BCUT2D eigenvalue weighted by Crippen LogP contribution is 2.37. The first kappa shape index (κ1) is 23.3. The lowest BCUT2D eigenvalue weighted by molar-refractivity contribution is -0.125. The maximum atomic E-state index is 13.2. The molecule has 7 nitrogen and oxygen atoms in total. The molecule has 168 valence electrons. The smallest absolute Gasteiger partial charge is 0.242 e. The van der Waals surface area contributed by atoms with Crippen LogP contribution < -0.4 is 14.2 Å². The number of amidine groups is 1. The fourth-order valence-electron chi connectivity index (χ4n) is 3.17. The van der Waals surface area contributed by atoms with Crippen molar-refractivity contribution in [2.24, 2.45) is 10.2 Å². The number of rotatable bonds is 9. The quantitative estimate of drug-likeness (QED) is 0.324. The minimum atomic E-state index is -0.365.